The van der Waals surface area contributed by atoms with E-state index in [1.54, 1.807) is 36.4 Å². The lowest BCUT2D eigenvalue weighted by Gasteiger charge is -2.08. The largest absolute Gasteiger partial charge is 0.360 e. The lowest BCUT2D eigenvalue weighted by molar-refractivity contribution is -0.112. The molecule has 7 heteroatoms. The first-order valence-corrected chi connectivity index (χ1v) is 7.67. The smallest absolute Gasteiger partial charge is 0.296 e. The molecule has 116 valence electrons. The average Bonchev–Trinajstić information content (AvgIpc) is 2.93. The van der Waals surface area contributed by atoms with Gasteiger partial charge in [-0.25, -0.2) is 0 Å². The fourth-order valence-electron chi connectivity index (χ4n) is 2.19. The van der Waals surface area contributed by atoms with E-state index in [2.05, 4.69) is 10.3 Å². The highest BCUT2D eigenvalue weighted by Gasteiger charge is 2.21. The summed E-state index contributed by atoms with van der Waals surface area (Å²) in [6, 6.07) is 9.83. The van der Waals surface area contributed by atoms with Crippen molar-refractivity contribution in [2.45, 2.75) is 0 Å². The van der Waals surface area contributed by atoms with Crippen LogP contribution in [0.25, 0.3) is 10.9 Å². The minimum atomic E-state index is -0.833. The zero-order valence-electron chi connectivity index (χ0n) is 11.5. The van der Waals surface area contributed by atoms with Gasteiger partial charge < -0.3 is 10.3 Å². The average molecular weight is 368 g/mol. The highest BCUT2D eigenvalue weighted by Crippen LogP contribution is 2.30. The highest BCUT2D eigenvalue weighted by molar-refractivity contribution is 6.50. The highest BCUT2D eigenvalue weighted by atomic mass is 35.5. The van der Waals surface area contributed by atoms with Crippen molar-refractivity contribution < 1.29 is 9.59 Å². The maximum Gasteiger partial charge on any atom is 0.296 e. The Morgan fingerprint density at radius 3 is 2.39 bits per heavy atom. The van der Waals surface area contributed by atoms with Gasteiger partial charge in [0.15, 0.2) is 0 Å². The van der Waals surface area contributed by atoms with Gasteiger partial charge >= 0.3 is 0 Å². The lowest BCUT2D eigenvalue weighted by Crippen LogP contribution is -2.23. The molecular formula is C16H9Cl3N2O2. The molecule has 1 heterocycles. The zero-order chi connectivity index (χ0) is 16.6. The van der Waals surface area contributed by atoms with Gasteiger partial charge in [-0.05, 0) is 30.3 Å². The number of nitrogens with one attached hydrogen (secondary N) is 2. The Morgan fingerprint density at radius 2 is 1.70 bits per heavy atom. The number of carbonyl (C=O) groups is 2. The molecule has 2 N–H and O–H groups in total. The first-order valence-electron chi connectivity index (χ1n) is 6.53. The number of aromatic nitrogens is 1. The van der Waals surface area contributed by atoms with E-state index in [1.807, 2.05) is 0 Å². The third-order valence-electron chi connectivity index (χ3n) is 3.30. The van der Waals surface area contributed by atoms with Gasteiger partial charge in [0, 0.05) is 22.1 Å². The van der Waals surface area contributed by atoms with E-state index < -0.39 is 11.7 Å². The van der Waals surface area contributed by atoms with Gasteiger partial charge in [0.25, 0.3) is 11.7 Å². The van der Waals surface area contributed by atoms with E-state index in [0.717, 1.165) is 0 Å². The van der Waals surface area contributed by atoms with E-state index >= 15 is 0 Å². The Hall–Kier alpha value is -2.01. The van der Waals surface area contributed by atoms with Crippen molar-refractivity contribution in [1.82, 2.24) is 4.98 Å². The number of hydrogen-bond acceptors (Lipinski definition) is 2. The van der Waals surface area contributed by atoms with E-state index in [4.69, 9.17) is 34.8 Å². The summed E-state index contributed by atoms with van der Waals surface area (Å²) in [5.74, 6) is -1.55. The van der Waals surface area contributed by atoms with Crippen molar-refractivity contribution in [3.05, 3.63) is 63.2 Å². The van der Waals surface area contributed by atoms with Gasteiger partial charge in [-0.2, -0.15) is 0 Å². The molecule has 0 spiro atoms. The predicted octanol–water partition coefficient (Wildman–Crippen LogP) is 4.95. The minimum Gasteiger partial charge on any atom is -0.360 e. The fraction of sp³-hybridized carbons (Fsp3) is 0. The normalized spacial score (nSPS) is 10.7. The monoisotopic (exact) mass is 366 g/mol. The van der Waals surface area contributed by atoms with Crippen LogP contribution in [-0.4, -0.2) is 16.7 Å². The summed E-state index contributed by atoms with van der Waals surface area (Å²) in [5, 5.41) is 3.99. The van der Waals surface area contributed by atoms with Crippen LogP contribution in [0.4, 0.5) is 5.69 Å². The van der Waals surface area contributed by atoms with Crippen molar-refractivity contribution in [1.29, 1.82) is 0 Å². The van der Waals surface area contributed by atoms with Crippen LogP contribution >= 0.6 is 34.8 Å². The Labute approximate surface area is 146 Å². The first-order chi connectivity index (χ1) is 11.0. The number of halogens is 3. The molecule has 0 aliphatic rings. The van der Waals surface area contributed by atoms with Crippen LogP contribution in [0.1, 0.15) is 10.4 Å². The number of ketones is 1. The van der Waals surface area contributed by atoms with Crippen LogP contribution in [-0.2, 0) is 4.79 Å². The lowest BCUT2D eigenvalue weighted by atomic mass is 10.1. The molecule has 0 saturated carbocycles. The summed E-state index contributed by atoms with van der Waals surface area (Å²) in [7, 11) is 0. The molecule has 2 aromatic carbocycles. The number of hydrogen-bond donors (Lipinski definition) is 2. The topological polar surface area (TPSA) is 62.0 Å². The summed E-state index contributed by atoms with van der Waals surface area (Å²) < 4.78 is 0. The molecular weight excluding hydrogens is 359 g/mol. The summed E-state index contributed by atoms with van der Waals surface area (Å²) in [6.45, 7) is 0. The molecule has 3 aromatic rings. The molecule has 0 atom stereocenters. The van der Waals surface area contributed by atoms with Gasteiger partial charge in [0.1, 0.15) is 0 Å². The number of H-pyrrole nitrogens is 1. The number of amides is 1. The minimum absolute atomic E-state index is 0.201. The fourth-order valence-corrected chi connectivity index (χ4v) is 2.85. The molecule has 23 heavy (non-hydrogen) atoms. The molecule has 1 amide bonds. The molecule has 1 aromatic heterocycles. The van der Waals surface area contributed by atoms with E-state index in [-0.39, 0.29) is 21.3 Å². The second kappa shape index (κ2) is 6.24. The number of benzene rings is 2. The number of rotatable bonds is 3. The predicted molar refractivity (Wildman–Crippen MR) is 92.7 cm³/mol. The standard InChI is InChI=1S/C16H9Cl3N2O2/c17-8-4-5-13-9(6-8)10(7-20-13)15(22)16(23)21-14-11(18)2-1-3-12(14)19/h1-7,20H,(H,21,23). The van der Waals surface area contributed by atoms with Gasteiger partial charge in [-0.1, -0.05) is 40.9 Å². The van der Waals surface area contributed by atoms with E-state index in [1.165, 1.54) is 6.20 Å². The molecule has 0 radical (unpaired) electrons. The summed E-state index contributed by atoms with van der Waals surface area (Å²) in [5.41, 5.74) is 1.14. The van der Waals surface area contributed by atoms with Crippen molar-refractivity contribution in [3.8, 4) is 0 Å². The SMILES string of the molecule is O=C(Nc1c(Cl)cccc1Cl)C(=O)c1c[nH]c2ccc(Cl)cc12. The molecule has 0 aliphatic carbocycles. The van der Waals surface area contributed by atoms with Gasteiger partial charge in [0.05, 0.1) is 21.3 Å². The van der Waals surface area contributed by atoms with Gasteiger partial charge in [-0.15, -0.1) is 0 Å². The molecule has 4 nitrogen and oxygen atoms in total. The number of anilines is 1. The van der Waals surface area contributed by atoms with E-state index in [0.29, 0.717) is 15.9 Å². The Kier molecular flexibility index (Phi) is 4.31. The van der Waals surface area contributed by atoms with Crippen LogP contribution in [0.2, 0.25) is 15.1 Å². The van der Waals surface area contributed by atoms with Crippen LogP contribution in [0.5, 0.6) is 0 Å². The summed E-state index contributed by atoms with van der Waals surface area (Å²) in [4.78, 5) is 27.5. The molecule has 0 unspecified atom stereocenters. The van der Waals surface area contributed by atoms with E-state index in [9.17, 15) is 9.59 Å². The number of carbonyl (C=O) groups excluding carboxylic acids is 2. The van der Waals surface area contributed by atoms with Crippen LogP contribution in [0.3, 0.4) is 0 Å². The third kappa shape index (κ3) is 3.06. The Bertz CT molecular complexity index is 914. The maximum absolute atomic E-state index is 12.4. The second-order valence-corrected chi connectivity index (χ2v) is 6.02. The third-order valence-corrected chi connectivity index (χ3v) is 4.16. The van der Waals surface area contributed by atoms with Crippen molar-refractivity contribution in [3.63, 3.8) is 0 Å². The number of aromatic amines is 1. The van der Waals surface area contributed by atoms with Crippen LogP contribution in [0.15, 0.2) is 42.6 Å². The quantitative estimate of drug-likeness (QED) is 0.508. The van der Waals surface area contributed by atoms with Crippen molar-refractivity contribution in [2.75, 3.05) is 5.32 Å². The van der Waals surface area contributed by atoms with Crippen molar-refractivity contribution in [2.24, 2.45) is 0 Å². The van der Waals surface area contributed by atoms with Crippen LogP contribution < -0.4 is 5.32 Å². The molecule has 0 bridgehead atoms. The molecule has 3 rings (SSSR count). The second-order valence-electron chi connectivity index (χ2n) is 4.77. The van der Waals surface area contributed by atoms with Gasteiger partial charge in [0.2, 0.25) is 0 Å². The Morgan fingerprint density at radius 1 is 1.00 bits per heavy atom. The number of para-hydroxylation sites is 1. The van der Waals surface area contributed by atoms with Crippen LogP contribution in [0, 0.1) is 0 Å². The molecule has 0 saturated heterocycles. The molecule has 0 fully saturated rings. The summed E-state index contributed by atoms with van der Waals surface area (Å²) in [6.07, 6.45) is 1.47. The first kappa shape index (κ1) is 15.9. The zero-order valence-corrected chi connectivity index (χ0v) is 13.8. The van der Waals surface area contributed by atoms with Gasteiger partial charge in [-0.3, -0.25) is 9.59 Å². The van der Waals surface area contributed by atoms with Crippen molar-refractivity contribution >= 4 is 63.1 Å². The maximum atomic E-state index is 12.4. The summed E-state index contributed by atoms with van der Waals surface area (Å²) >= 11 is 17.9. The number of fused-ring (bicyclic) bond motifs is 1. The Balaban J connectivity index is 1.93. The number of Topliss-reactive ketones (excluding diaryl/α,β-unsaturated/α-hetero) is 1. The molecule has 0 aliphatic heterocycles.